The van der Waals surface area contributed by atoms with Crippen LogP contribution in [0.25, 0.3) is 0 Å². The van der Waals surface area contributed by atoms with Crippen LogP contribution in [0.3, 0.4) is 0 Å². The lowest BCUT2D eigenvalue weighted by molar-refractivity contribution is -0.142. The van der Waals surface area contributed by atoms with Gasteiger partial charge in [-0.25, -0.2) is 8.42 Å². The summed E-state index contributed by atoms with van der Waals surface area (Å²) in [5.74, 6) is 4.46. The number of sulfone groups is 1. The van der Waals surface area contributed by atoms with Crippen molar-refractivity contribution >= 4 is 15.8 Å². The van der Waals surface area contributed by atoms with Gasteiger partial charge in [0.05, 0.1) is 4.90 Å². The highest BCUT2D eigenvalue weighted by Crippen LogP contribution is 2.35. The molecule has 0 bridgehead atoms. The number of aliphatic carboxylic acids is 1. The monoisotopic (exact) mass is 336 g/mol. The molecule has 0 atom stereocenters. The van der Waals surface area contributed by atoms with Crippen LogP contribution in [0.1, 0.15) is 31.7 Å². The minimum Gasteiger partial charge on any atom is -0.480 e. The summed E-state index contributed by atoms with van der Waals surface area (Å²) in [5.41, 5.74) is 0.975. The molecule has 1 aliphatic rings. The Hall–Kier alpha value is -1.84. The first-order chi connectivity index (χ1) is 10.9. The second-order valence-electron chi connectivity index (χ2n) is 5.49. The second kappa shape index (κ2) is 7.16. The quantitative estimate of drug-likeness (QED) is 0.832. The van der Waals surface area contributed by atoms with Crippen LogP contribution in [0.5, 0.6) is 0 Å². The third-order valence-corrected chi connectivity index (χ3v) is 6.66. The first-order valence-corrected chi connectivity index (χ1v) is 8.97. The number of aryl methyl sites for hydroxylation is 1. The highest BCUT2D eigenvalue weighted by atomic mass is 32.2. The summed E-state index contributed by atoms with van der Waals surface area (Å²) in [6.45, 7) is 2.05. The standard InChI is InChI=1S/C17H20O5S/c1-2-3-4-5-14-6-8-15(9-7-14)23(20,21)17(16(18)19)10-12-22-13-11-17/h6-9H,4-5,10-13H2,1H3,(H,18,19). The molecule has 1 aliphatic heterocycles. The van der Waals surface area contributed by atoms with Crippen molar-refractivity contribution in [3.8, 4) is 11.8 Å². The largest absolute Gasteiger partial charge is 0.480 e. The third-order valence-electron chi connectivity index (χ3n) is 4.15. The van der Waals surface area contributed by atoms with Gasteiger partial charge in [0, 0.05) is 32.5 Å². The Kier molecular flexibility index (Phi) is 5.45. The molecule has 0 radical (unpaired) electrons. The van der Waals surface area contributed by atoms with Crippen LogP contribution in [-0.4, -0.2) is 37.5 Å². The number of ether oxygens (including phenoxy) is 1. The van der Waals surface area contributed by atoms with E-state index >= 15 is 0 Å². The van der Waals surface area contributed by atoms with E-state index in [1.54, 1.807) is 19.1 Å². The van der Waals surface area contributed by atoms with Crippen molar-refractivity contribution in [1.29, 1.82) is 0 Å². The molecule has 1 fully saturated rings. The van der Waals surface area contributed by atoms with Gasteiger partial charge in [-0.3, -0.25) is 4.79 Å². The molecule has 2 rings (SSSR count). The summed E-state index contributed by atoms with van der Waals surface area (Å²) in [4.78, 5) is 11.7. The Morgan fingerprint density at radius 2 is 1.87 bits per heavy atom. The molecule has 0 unspecified atom stereocenters. The third kappa shape index (κ3) is 3.41. The van der Waals surface area contributed by atoms with E-state index in [2.05, 4.69) is 11.8 Å². The Morgan fingerprint density at radius 1 is 1.26 bits per heavy atom. The number of carboxylic acids is 1. The smallest absolute Gasteiger partial charge is 0.325 e. The molecule has 6 heteroatoms. The predicted octanol–water partition coefficient (Wildman–Crippen LogP) is 2.05. The summed E-state index contributed by atoms with van der Waals surface area (Å²) < 4.78 is 29.1. The van der Waals surface area contributed by atoms with Gasteiger partial charge >= 0.3 is 5.97 Å². The van der Waals surface area contributed by atoms with Crippen LogP contribution in [0.4, 0.5) is 0 Å². The Balaban J connectivity index is 2.30. The summed E-state index contributed by atoms with van der Waals surface area (Å²) in [6.07, 6.45) is 1.38. The van der Waals surface area contributed by atoms with E-state index in [0.717, 1.165) is 12.0 Å². The number of carbonyl (C=O) groups is 1. The Labute approximate surface area is 136 Å². The van der Waals surface area contributed by atoms with Crippen LogP contribution < -0.4 is 0 Å². The zero-order valence-electron chi connectivity index (χ0n) is 13.0. The van der Waals surface area contributed by atoms with Crippen LogP contribution in [0.2, 0.25) is 0 Å². The van der Waals surface area contributed by atoms with Gasteiger partial charge < -0.3 is 9.84 Å². The molecule has 0 aliphatic carbocycles. The summed E-state index contributed by atoms with van der Waals surface area (Å²) in [5, 5.41) is 9.53. The maximum Gasteiger partial charge on any atom is 0.325 e. The number of benzene rings is 1. The minimum absolute atomic E-state index is 0.0293. The SMILES string of the molecule is CC#CCCc1ccc(S(=O)(=O)C2(C(=O)O)CCOCC2)cc1. The number of rotatable bonds is 5. The minimum atomic E-state index is -3.97. The van der Waals surface area contributed by atoms with Gasteiger partial charge in [-0.1, -0.05) is 12.1 Å². The average Bonchev–Trinajstić information content (AvgIpc) is 2.56. The molecule has 1 aromatic rings. The molecular formula is C17H20O5S. The van der Waals surface area contributed by atoms with E-state index in [0.29, 0.717) is 6.42 Å². The molecule has 0 aromatic heterocycles. The van der Waals surface area contributed by atoms with Crippen molar-refractivity contribution in [3.63, 3.8) is 0 Å². The van der Waals surface area contributed by atoms with Gasteiger partial charge in [-0.2, -0.15) is 0 Å². The van der Waals surface area contributed by atoms with Crippen molar-refractivity contribution in [1.82, 2.24) is 0 Å². The van der Waals surface area contributed by atoms with Gasteiger partial charge in [0.2, 0.25) is 0 Å². The first kappa shape index (κ1) is 17.5. The fourth-order valence-corrected chi connectivity index (χ4v) is 4.57. The highest BCUT2D eigenvalue weighted by Gasteiger charge is 2.52. The maximum atomic E-state index is 12.9. The van der Waals surface area contributed by atoms with Crippen molar-refractivity contribution in [2.45, 2.75) is 42.2 Å². The molecule has 0 saturated carbocycles. The maximum absolute atomic E-state index is 12.9. The number of carboxylic acid groups (broad SMARTS) is 1. The van der Waals surface area contributed by atoms with E-state index in [4.69, 9.17) is 4.74 Å². The van der Waals surface area contributed by atoms with Crippen molar-refractivity contribution < 1.29 is 23.1 Å². The van der Waals surface area contributed by atoms with Gasteiger partial charge in [0.15, 0.2) is 14.6 Å². The van der Waals surface area contributed by atoms with E-state index in [1.807, 2.05) is 0 Å². The van der Waals surface area contributed by atoms with Gasteiger partial charge in [0.1, 0.15) is 0 Å². The van der Waals surface area contributed by atoms with Gasteiger partial charge in [-0.15, -0.1) is 11.8 Å². The molecule has 124 valence electrons. The van der Waals surface area contributed by atoms with Crippen LogP contribution >= 0.6 is 0 Å². The van der Waals surface area contributed by atoms with Crippen molar-refractivity contribution in [2.75, 3.05) is 13.2 Å². The lowest BCUT2D eigenvalue weighted by atomic mass is 9.99. The Morgan fingerprint density at radius 3 is 2.39 bits per heavy atom. The van der Waals surface area contributed by atoms with Crippen LogP contribution in [0, 0.1) is 11.8 Å². The van der Waals surface area contributed by atoms with Crippen LogP contribution in [0.15, 0.2) is 29.2 Å². The zero-order valence-corrected chi connectivity index (χ0v) is 13.9. The molecule has 1 N–H and O–H groups in total. The zero-order chi connectivity index (χ0) is 16.9. The van der Waals surface area contributed by atoms with Gasteiger partial charge in [-0.05, 0) is 31.0 Å². The molecule has 1 heterocycles. The molecule has 23 heavy (non-hydrogen) atoms. The topological polar surface area (TPSA) is 80.7 Å². The summed E-state index contributed by atoms with van der Waals surface area (Å²) in [6, 6.07) is 6.42. The Bertz CT molecular complexity index is 716. The average molecular weight is 336 g/mol. The molecule has 1 aromatic carbocycles. The van der Waals surface area contributed by atoms with Crippen molar-refractivity contribution in [3.05, 3.63) is 29.8 Å². The normalized spacial score (nSPS) is 17.1. The second-order valence-corrected chi connectivity index (χ2v) is 7.75. The summed E-state index contributed by atoms with van der Waals surface area (Å²) in [7, 11) is -3.97. The van der Waals surface area contributed by atoms with E-state index in [9.17, 15) is 18.3 Å². The molecule has 0 amide bonds. The molecule has 0 spiro atoms. The highest BCUT2D eigenvalue weighted by molar-refractivity contribution is 7.93. The van der Waals surface area contributed by atoms with Crippen LogP contribution in [-0.2, 0) is 25.8 Å². The van der Waals surface area contributed by atoms with Gasteiger partial charge in [0.25, 0.3) is 0 Å². The summed E-state index contributed by atoms with van der Waals surface area (Å²) >= 11 is 0. The molecular weight excluding hydrogens is 316 g/mol. The van der Waals surface area contributed by atoms with E-state index in [-0.39, 0.29) is 31.0 Å². The number of hydrogen-bond donors (Lipinski definition) is 1. The molecule has 1 saturated heterocycles. The molecule has 5 nitrogen and oxygen atoms in total. The first-order valence-electron chi connectivity index (χ1n) is 7.48. The van der Waals surface area contributed by atoms with E-state index in [1.165, 1.54) is 12.1 Å². The fraction of sp³-hybridized carbons (Fsp3) is 0.471. The predicted molar refractivity (Wildman–Crippen MR) is 85.8 cm³/mol. The number of hydrogen-bond acceptors (Lipinski definition) is 4. The van der Waals surface area contributed by atoms with Crippen molar-refractivity contribution in [2.24, 2.45) is 0 Å². The fourth-order valence-electron chi connectivity index (χ4n) is 2.69. The lowest BCUT2D eigenvalue weighted by Gasteiger charge is -2.32. The lowest BCUT2D eigenvalue weighted by Crippen LogP contribution is -2.50. The van der Waals surface area contributed by atoms with E-state index < -0.39 is 20.6 Å².